The molecule has 43 heavy (non-hydrogen) atoms. The number of hydrogen-bond donors (Lipinski definition) is 1. The van der Waals surface area contributed by atoms with E-state index in [0.29, 0.717) is 35.5 Å². The third-order valence-electron chi connectivity index (χ3n) is 7.55. The summed E-state index contributed by atoms with van der Waals surface area (Å²) in [6, 6.07) is 18.6. The van der Waals surface area contributed by atoms with Gasteiger partial charge in [-0.15, -0.1) is 0 Å². The van der Waals surface area contributed by atoms with Crippen molar-refractivity contribution in [2.75, 3.05) is 40.4 Å². The molecule has 1 amide bonds. The maximum atomic E-state index is 13.6. The minimum atomic E-state index is -0.478. The van der Waals surface area contributed by atoms with Crippen molar-refractivity contribution in [3.63, 3.8) is 0 Å². The molecule has 5 rings (SSSR count). The predicted molar refractivity (Wildman–Crippen MR) is 164 cm³/mol. The number of carbonyl (C=O) groups excluding carboxylic acids is 1. The van der Waals surface area contributed by atoms with E-state index in [0.717, 1.165) is 42.3 Å². The second kappa shape index (κ2) is 14.1. The number of nitrogens with one attached hydrogen (secondary N) is 1. The van der Waals surface area contributed by atoms with Gasteiger partial charge in [-0.05, 0) is 74.3 Å². The number of likely N-dealkylation sites (tertiary alicyclic amines) is 1. The molecule has 1 aromatic heterocycles. The molecule has 4 aromatic rings. The Morgan fingerprint density at radius 3 is 1.95 bits per heavy atom. The van der Waals surface area contributed by atoms with E-state index in [9.17, 15) is 9.59 Å². The molecule has 1 saturated heterocycles. The fraction of sp³-hybridized carbons (Fsp3) is 0.364. The summed E-state index contributed by atoms with van der Waals surface area (Å²) in [4.78, 5) is 29.0. The molecule has 226 valence electrons. The fourth-order valence-corrected chi connectivity index (χ4v) is 5.09. The number of carbonyl (C=O) groups is 1. The number of nitrogens with zero attached hydrogens (tertiary/aromatic N) is 3. The number of fused-ring (bicyclic) bond motifs is 1. The molecule has 10 heteroatoms. The first-order valence-electron chi connectivity index (χ1n) is 14.6. The highest BCUT2D eigenvalue weighted by molar-refractivity contribution is 5.96. The number of rotatable bonds is 13. The Morgan fingerprint density at radius 1 is 0.860 bits per heavy atom. The fourth-order valence-electron chi connectivity index (χ4n) is 5.09. The Balaban J connectivity index is 1.45. The van der Waals surface area contributed by atoms with Gasteiger partial charge in [0.05, 0.1) is 25.1 Å². The molecule has 1 fully saturated rings. The molecular formula is C33H38N4O6. The van der Waals surface area contributed by atoms with Gasteiger partial charge in [-0.3, -0.25) is 14.3 Å². The number of hydrogen-bond acceptors (Lipinski definition) is 8. The summed E-state index contributed by atoms with van der Waals surface area (Å²) in [5.74, 6) is 1.88. The predicted octanol–water partition coefficient (Wildman–Crippen LogP) is 4.42. The van der Waals surface area contributed by atoms with Crippen LogP contribution in [0.25, 0.3) is 10.9 Å². The maximum Gasteiger partial charge on any atom is 0.275 e. The van der Waals surface area contributed by atoms with Crippen molar-refractivity contribution >= 4 is 16.8 Å². The van der Waals surface area contributed by atoms with E-state index in [-0.39, 0.29) is 18.9 Å². The van der Waals surface area contributed by atoms with Crippen molar-refractivity contribution < 1.29 is 23.7 Å². The minimum Gasteiger partial charge on any atom is -0.497 e. The molecule has 0 atom stereocenters. The summed E-state index contributed by atoms with van der Waals surface area (Å²) < 4.78 is 24.6. The lowest BCUT2D eigenvalue weighted by Gasteiger charge is -2.17. The Kier molecular flexibility index (Phi) is 9.78. The highest BCUT2D eigenvalue weighted by Gasteiger charge is 2.21. The minimum absolute atomic E-state index is 0.135. The van der Waals surface area contributed by atoms with E-state index in [1.54, 1.807) is 31.0 Å². The smallest absolute Gasteiger partial charge is 0.275 e. The summed E-state index contributed by atoms with van der Waals surface area (Å²) in [6.45, 7) is 6.16. The van der Waals surface area contributed by atoms with E-state index in [2.05, 4.69) is 15.3 Å². The van der Waals surface area contributed by atoms with Gasteiger partial charge in [0, 0.05) is 25.7 Å². The van der Waals surface area contributed by atoms with Gasteiger partial charge in [0.25, 0.3) is 5.91 Å². The van der Waals surface area contributed by atoms with Crippen LogP contribution in [0.4, 0.5) is 0 Å². The number of benzene rings is 3. The van der Waals surface area contributed by atoms with Crippen LogP contribution in [-0.4, -0.2) is 61.0 Å². The lowest BCUT2D eigenvalue weighted by Crippen LogP contribution is -2.37. The third kappa shape index (κ3) is 7.26. The second-order valence-corrected chi connectivity index (χ2v) is 10.4. The molecule has 0 aliphatic carbocycles. The Morgan fingerprint density at radius 2 is 1.42 bits per heavy atom. The lowest BCUT2D eigenvalue weighted by atomic mass is 10.1. The van der Waals surface area contributed by atoms with E-state index >= 15 is 0 Å². The molecule has 0 saturated carbocycles. The van der Waals surface area contributed by atoms with Crippen molar-refractivity contribution in [1.29, 1.82) is 0 Å². The third-order valence-corrected chi connectivity index (χ3v) is 7.55. The van der Waals surface area contributed by atoms with Gasteiger partial charge in [0.2, 0.25) is 5.43 Å². The molecule has 3 aromatic carbocycles. The van der Waals surface area contributed by atoms with Crippen molar-refractivity contribution in [2.45, 2.75) is 39.5 Å². The topological polar surface area (TPSA) is 104 Å². The Bertz CT molecular complexity index is 1600. The number of amides is 1. The zero-order valence-corrected chi connectivity index (χ0v) is 24.9. The van der Waals surface area contributed by atoms with Crippen LogP contribution in [0.5, 0.6) is 23.0 Å². The summed E-state index contributed by atoms with van der Waals surface area (Å²) >= 11 is 0. The molecular weight excluding hydrogens is 548 g/mol. The van der Waals surface area contributed by atoms with Crippen LogP contribution in [0.1, 0.15) is 41.4 Å². The number of methoxy groups -OCH3 is 2. The van der Waals surface area contributed by atoms with Gasteiger partial charge in [-0.2, -0.15) is 5.10 Å². The summed E-state index contributed by atoms with van der Waals surface area (Å²) in [6.07, 6.45) is 2.35. The first-order valence-corrected chi connectivity index (χ1v) is 14.6. The average molecular weight is 587 g/mol. The van der Waals surface area contributed by atoms with Crippen LogP contribution < -0.4 is 29.7 Å². The molecule has 0 spiro atoms. The van der Waals surface area contributed by atoms with Crippen molar-refractivity contribution in [1.82, 2.24) is 20.0 Å². The van der Waals surface area contributed by atoms with Gasteiger partial charge in [0.1, 0.15) is 24.7 Å². The molecule has 1 N–H and O–H groups in total. The largest absolute Gasteiger partial charge is 0.497 e. The van der Waals surface area contributed by atoms with E-state index in [4.69, 9.17) is 18.9 Å². The van der Waals surface area contributed by atoms with Gasteiger partial charge in [-0.1, -0.05) is 24.3 Å². The molecule has 10 nitrogen and oxygen atoms in total. The van der Waals surface area contributed by atoms with Crippen LogP contribution in [-0.2, 0) is 19.8 Å². The monoisotopic (exact) mass is 586 g/mol. The van der Waals surface area contributed by atoms with E-state index in [1.165, 1.54) is 12.8 Å². The van der Waals surface area contributed by atoms with E-state index < -0.39 is 11.3 Å². The standard InChI is InChI=1S/C33H38N4O6/c1-4-37-28-20-30(43-22-24-9-13-26(41-3)14-10-24)29(42-21-23-7-11-25(40-2)12-8-23)19-27(28)32(38)31(35-37)33(39)34-15-18-36-16-5-6-17-36/h7-14,19-20H,4-6,15-18,21-22H2,1-3H3,(H,34,39). The molecule has 1 aliphatic heterocycles. The molecule has 1 aliphatic rings. The Labute approximate surface area is 251 Å². The highest BCUT2D eigenvalue weighted by atomic mass is 16.5. The number of aromatic nitrogens is 2. The van der Waals surface area contributed by atoms with Crippen LogP contribution in [0, 0.1) is 0 Å². The average Bonchev–Trinajstić information content (AvgIpc) is 3.57. The molecule has 2 heterocycles. The molecule has 0 radical (unpaired) electrons. The first-order chi connectivity index (χ1) is 21.0. The SMILES string of the molecule is CCn1nc(C(=O)NCCN2CCCC2)c(=O)c2cc(OCc3ccc(OC)cc3)c(OCc3ccc(OC)cc3)cc21. The summed E-state index contributed by atoms with van der Waals surface area (Å²) in [5, 5.41) is 7.66. The van der Waals surface area contributed by atoms with Gasteiger partial charge < -0.3 is 29.2 Å². The van der Waals surface area contributed by atoms with Crippen LogP contribution in [0.3, 0.4) is 0 Å². The maximum absolute atomic E-state index is 13.6. The van der Waals surface area contributed by atoms with Gasteiger partial charge >= 0.3 is 0 Å². The molecule has 0 unspecified atom stereocenters. The van der Waals surface area contributed by atoms with Crippen LogP contribution in [0.2, 0.25) is 0 Å². The van der Waals surface area contributed by atoms with Crippen molar-refractivity contribution in [3.8, 4) is 23.0 Å². The molecule has 0 bridgehead atoms. The van der Waals surface area contributed by atoms with Crippen LogP contribution >= 0.6 is 0 Å². The summed E-state index contributed by atoms with van der Waals surface area (Å²) in [5.41, 5.74) is 1.83. The van der Waals surface area contributed by atoms with Crippen molar-refractivity contribution in [3.05, 3.63) is 87.7 Å². The first kappa shape index (κ1) is 29.9. The van der Waals surface area contributed by atoms with Gasteiger partial charge in [-0.25, -0.2) is 0 Å². The van der Waals surface area contributed by atoms with E-state index in [1.807, 2.05) is 55.5 Å². The van der Waals surface area contributed by atoms with Gasteiger partial charge in [0.15, 0.2) is 17.2 Å². The lowest BCUT2D eigenvalue weighted by molar-refractivity contribution is 0.0941. The van der Waals surface area contributed by atoms with Crippen molar-refractivity contribution in [2.24, 2.45) is 0 Å². The second-order valence-electron chi connectivity index (χ2n) is 10.4. The number of ether oxygens (including phenoxy) is 4. The quantitative estimate of drug-likeness (QED) is 0.246. The van der Waals surface area contributed by atoms with Crippen LogP contribution in [0.15, 0.2) is 65.5 Å². The summed E-state index contributed by atoms with van der Waals surface area (Å²) in [7, 11) is 3.24. The Hall–Kier alpha value is -4.57. The normalized spacial score (nSPS) is 13.2. The zero-order valence-electron chi connectivity index (χ0n) is 24.9. The highest BCUT2D eigenvalue weighted by Crippen LogP contribution is 2.33. The number of aryl methyl sites for hydroxylation is 1. The zero-order chi connectivity index (χ0) is 30.2.